The maximum Gasteiger partial charge on any atom is 0.337 e. The molecule has 0 saturated heterocycles. The van der Waals surface area contributed by atoms with E-state index in [9.17, 15) is 4.79 Å². The Kier molecular flexibility index (Phi) is 5.63. The van der Waals surface area contributed by atoms with E-state index in [1.807, 2.05) is 12.1 Å². The Morgan fingerprint density at radius 2 is 1.68 bits per heavy atom. The third kappa shape index (κ3) is 3.14. The number of benzene rings is 1. The summed E-state index contributed by atoms with van der Waals surface area (Å²) in [6.07, 6.45) is 12.9. The van der Waals surface area contributed by atoms with Crippen LogP contribution in [0.4, 0.5) is 0 Å². The van der Waals surface area contributed by atoms with Crippen LogP contribution in [0.25, 0.3) is 5.57 Å². The molecule has 3 fully saturated rings. The number of allylic oxidation sites excluding steroid dienone is 2. The molecule has 0 radical (unpaired) electrons. The first kappa shape index (κ1) is 24.1. The van der Waals surface area contributed by atoms with E-state index in [1.165, 1.54) is 69.6 Å². The first-order valence-electron chi connectivity index (χ1n) is 13.7. The molecule has 0 aromatic heterocycles. The molecule has 0 spiro atoms. The van der Waals surface area contributed by atoms with Gasteiger partial charge in [0.2, 0.25) is 0 Å². The molecule has 34 heavy (non-hydrogen) atoms. The van der Waals surface area contributed by atoms with Gasteiger partial charge < -0.3 is 10.5 Å². The molecule has 5 rings (SSSR count). The van der Waals surface area contributed by atoms with Crippen molar-refractivity contribution in [2.45, 2.75) is 91.5 Å². The van der Waals surface area contributed by atoms with E-state index >= 15 is 0 Å². The molecule has 0 bridgehead atoms. The van der Waals surface area contributed by atoms with E-state index in [2.05, 4.69) is 52.8 Å². The second-order valence-corrected chi connectivity index (χ2v) is 13.1. The molecule has 3 nitrogen and oxygen atoms in total. The zero-order valence-corrected chi connectivity index (χ0v) is 22.2. The van der Waals surface area contributed by atoms with Gasteiger partial charge in [0.25, 0.3) is 0 Å². The molecule has 7 atom stereocenters. The highest BCUT2D eigenvalue weighted by atomic mass is 16.5. The monoisotopic (exact) mass is 463 g/mol. The lowest BCUT2D eigenvalue weighted by Gasteiger charge is -2.60. The zero-order valence-electron chi connectivity index (χ0n) is 22.2. The summed E-state index contributed by atoms with van der Waals surface area (Å²) in [5.41, 5.74) is 11.2. The van der Waals surface area contributed by atoms with Crippen LogP contribution in [0.1, 0.15) is 102 Å². The topological polar surface area (TPSA) is 52.3 Å². The molecule has 3 saturated carbocycles. The smallest absolute Gasteiger partial charge is 0.337 e. The number of hydrogen-bond donors (Lipinski definition) is 1. The van der Waals surface area contributed by atoms with E-state index in [0.29, 0.717) is 34.1 Å². The number of esters is 1. The van der Waals surface area contributed by atoms with Crippen molar-refractivity contribution in [1.82, 2.24) is 0 Å². The molecular formula is C31H45NO2. The fourth-order valence-corrected chi connectivity index (χ4v) is 9.59. The van der Waals surface area contributed by atoms with Gasteiger partial charge in [-0.25, -0.2) is 4.79 Å². The Bertz CT molecular complexity index is 993. The highest BCUT2D eigenvalue weighted by molar-refractivity contribution is 5.90. The van der Waals surface area contributed by atoms with Crippen molar-refractivity contribution in [2.24, 2.45) is 45.7 Å². The quantitative estimate of drug-likeness (QED) is 0.478. The van der Waals surface area contributed by atoms with Crippen LogP contribution >= 0.6 is 0 Å². The third-order valence-electron chi connectivity index (χ3n) is 11.8. The van der Waals surface area contributed by atoms with Gasteiger partial charge in [-0.15, -0.1) is 0 Å². The Morgan fingerprint density at radius 1 is 0.971 bits per heavy atom. The maximum absolute atomic E-state index is 11.9. The third-order valence-corrected chi connectivity index (χ3v) is 11.8. The van der Waals surface area contributed by atoms with Crippen LogP contribution in [-0.2, 0) is 4.74 Å². The Labute approximate surface area is 206 Å². The van der Waals surface area contributed by atoms with Gasteiger partial charge in [0.1, 0.15) is 0 Å². The van der Waals surface area contributed by atoms with E-state index in [0.717, 1.165) is 5.92 Å². The summed E-state index contributed by atoms with van der Waals surface area (Å²) < 4.78 is 4.90. The van der Waals surface area contributed by atoms with Gasteiger partial charge in [-0.2, -0.15) is 0 Å². The van der Waals surface area contributed by atoms with Crippen molar-refractivity contribution in [1.29, 1.82) is 0 Å². The fraction of sp³-hybridized carbons (Fsp3) is 0.710. The maximum atomic E-state index is 11.9. The van der Waals surface area contributed by atoms with Crippen LogP contribution in [-0.4, -0.2) is 18.6 Å². The summed E-state index contributed by atoms with van der Waals surface area (Å²) in [5.74, 6) is 2.42. The van der Waals surface area contributed by atoms with Gasteiger partial charge in [0.05, 0.1) is 12.7 Å². The summed E-state index contributed by atoms with van der Waals surface area (Å²) in [6, 6.07) is 8.08. The molecule has 186 valence electrons. The normalized spacial score (nSPS) is 42.7. The number of carbonyl (C=O) groups excluding carboxylic acids is 1. The van der Waals surface area contributed by atoms with Crippen molar-refractivity contribution >= 4 is 11.5 Å². The van der Waals surface area contributed by atoms with Crippen LogP contribution in [0.3, 0.4) is 0 Å². The minimum absolute atomic E-state index is 0.0892. The molecule has 1 aromatic carbocycles. The number of methoxy groups -OCH3 is 1. The molecular weight excluding hydrogens is 418 g/mol. The van der Waals surface area contributed by atoms with Crippen molar-refractivity contribution in [3.63, 3.8) is 0 Å². The summed E-state index contributed by atoms with van der Waals surface area (Å²) in [4.78, 5) is 11.9. The predicted molar refractivity (Wildman–Crippen MR) is 139 cm³/mol. The average molecular weight is 464 g/mol. The molecule has 0 heterocycles. The first-order valence-corrected chi connectivity index (χ1v) is 13.7. The van der Waals surface area contributed by atoms with Crippen LogP contribution in [0.15, 0.2) is 30.3 Å². The molecule has 2 N–H and O–H groups in total. The van der Waals surface area contributed by atoms with Crippen LogP contribution < -0.4 is 5.73 Å². The minimum atomic E-state index is -0.269. The molecule has 3 heteroatoms. The van der Waals surface area contributed by atoms with Gasteiger partial charge in [-0.05, 0) is 102 Å². The van der Waals surface area contributed by atoms with Crippen LogP contribution in [0.2, 0.25) is 0 Å². The van der Waals surface area contributed by atoms with E-state index in [-0.39, 0.29) is 16.9 Å². The number of nitrogens with two attached hydrogens (primary N) is 1. The van der Waals surface area contributed by atoms with Gasteiger partial charge in [-0.1, -0.05) is 65.7 Å². The molecule has 0 aliphatic heterocycles. The predicted octanol–water partition coefficient (Wildman–Crippen LogP) is 7.25. The Balaban J connectivity index is 1.51. The number of carbonyl (C=O) groups is 1. The fourth-order valence-electron chi connectivity index (χ4n) is 9.59. The largest absolute Gasteiger partial charge is 0.465 e. The first-order chi connectivity index (χ1) is 16.0. The molecule has 4 aliphatic rings. The molecule has 3 unspecified atom stereocenters. The number of fused-ring (bicyclic) bond motifs is 2. The van der Waals surface area contributed by atoms with E-state index < -0.39 is 0 Å². The second-order valence-electron chi connectivity index (χ2n) is 13.1. The minimum Gasteiger partial charge on any atom is -0.465 e. The van der Waals surface area contributed by atoms with Crippen molar-refractivity contribution in [3.8, 4) is 0 Å². The van der Waals surface area contributed by atoms with Gasteiger partial charge >= 0.3 is 5.97 Å². The lowest BCUT2D eigenvalue weighted by Crippen LogP contribution is -2.59. The van der Waals surface area contributed by atoms with Crippen LogP contribution in [0.5, 0.6) is 0 Å². The summed E-state index contributed by atoms with van der Waals surface area (Å²) in [5, 5.41) is 0. The second kappa shape index (κ2) is 7.95. The standard InChI is InChI=1S/C31H45NO2/c1-7-22-24-9-8-15-31(24,32)18-17-30(22,5)29(4)16-14-23-26(29)19-25(28(23,2)3)20-10-12-21(13-11-20)27(33)34-6/h10-13,19,22-24,26H,7-9,14-18,32H2,1-6H3/t22-,23?,24?,26?,29-,30-,31+/m1/s1. The van der Waals surface area contributed by atoms with Crippen molar-refractivity contribution in [3.05, 3.63) is 41.5 Å². The highest BCUT2D eigenvalue weighted by Crippen LogP contribution is 2.72. The highest BCUT2D eigenvalue weighted by Gasteiger charge is 2.65. The van der Waals surface area contributed by atoms with E-state index in [4.69, 9.17) is 10.5 Å². The summed E-state index contributed by atoms with van der Waals surface area (Å²) in [7, 11) is 1.44. The average Bonchev–Trinajstić information content (AvgIpc) is 3.46. The lowest BCUT2D eigenvalue weighted by atomic mass is 9.45. The summed E-state index contributed by atoms with van der Waals surface area (Å²) >= 11 is 0. The number of ether oxygens (including phenoxy) is 1. The zero-order chi connectivity index (χ0) is 24.5. The Hall–Kier alpha value is -1.61. The molecule has 1 aromatic rings. The van der Waals surface area contributed by atoms with Crippen molar-refractivity contribution < 1.29 is 9.53 Å². The van der Waals surface area contributed by atoms with Gasteiger partial charge in [0, 0.05) is 5.54 Å². The van der Waals surface area contributed by atoms with Crippen molar-refractivity contribution in [2.75, 3.05) is 7.11 Å². The summed E-state index contributed by atoms with van der Waals surface area (Å²) in [6.45, 7) is 12.6. The van der Waals surface area contributed by atoms with E-state index in [1.54, 1.807) is 0 Å². The number of rotatable bonds is 4. The lowest BCUT2D eigenvalue weighted by molar-refractivity contribution is -0.0942. The number of hydrogen-bond acceptors (Lipinski definition) is 3. The van der Waals surface area contributed by atoms with Gasteiger partial charge in [0.15, 0.2) is 0 Å². The molecule has 4 aliphatic carbocycles. The van der Waals surface area contributed by atoms with Crippen LogP contribution in [0, 0.1) is 39.9 Å². The molecule has 0 amide bonds. The SMILES string of the molecule is CC[C@@H]1C2CCC[C@]2(N)CC[C@@]1(C)[C@]1(C)CCC2C1C=C(c1ccc(C(=O)OC)cc1)C2(C)C. The Morgan fingerprint density at radius 3 is 2.32 bits per heavy atom. The van der Waals surface area contributed by atoms with Gasteiger partial charge in [-0.3, -0.25) is 0 Å².